The lowest BCUT2D eigenvalue weighted by Gasteiger charge is -2.32. The first kappa shape index (κ1) is 15.3. The van der Waals surface area contributed by atoms with E-state index in [4.69, 9.17) is 4.74 Å². The summed E-state index contributed by atoms with van der Waals surface area (Å²) in [7, 11) is 1.66. The van der Waals surface area contributed by atoms with Crippen molar-refractivity contribution in [2.45, 2.75) is 45.1 Å². The van der Waals surface area contributed by atoms with Gasteiger partial charge < -0.3 is 14.7 Å². The third kappa shape index (κ3) is 3.74. The van der Waals surface area contributed by atoms with Crippen molar-refractivity contribution in [2.24, 2.45) is 0 Å². The molecule has 3 heteroatoms. The van der Waals surface area contributed by atoms with Gasteiger partial charge in [0.1, 0.15) is 11.4 Å². The highest BCUT2D eigenvalue weighted by Crippen LogP contribution is 2.32. The Balaban J connectivity index is 2.18. The first-order valence-corrected chi connectivity index (χ1v) is 7.63. The van der Waals surface area contributed by atoms with Crippen molar-refractivity contribution in [3.63, 3.8) is 0 Å². The Bertz CT molecular complexity index is 435. The van der Waals surface area contributed by atoms with Gasteiger partial charge in [-0.05, 0) is 51.9 Å². The smallest absolute Gasteiger partial charge is 0.125 e. The second-order valence-electron chi connectivity index (χ2n) is 6.17. The van der Waals surface area contributed by atoms with E-state index in [2.05, 4.69) is 4.90 Å². The second-order valence-corrected chi connectivity index (χ2v) is 6.17. The van der Waals surface area contributed by atoms with E-state index < -0.39 is 5.60 Å². The van der Waals surface area contributed by atoms with Crippen LogP contribution in [0.1, 0.15) is 43.7 Å². The van der Waals surface area contributed by atoms with Crippen molar-refractivity contribution in [3.05, 3.63) is 29.3 Å². The van der Waals surface area contributed by atoms with E-state index in [-0.39, 0.29) is 0 Å². The Hall–Kier alpha value is -1.06. The molecule has 20 heavy (non-hydrogen) atoms. The van der Waals surface area contributed by atoms with Gasteiger partial charge >= 0.3 is 0 Å². The maximum Gasteiger partial charge on any atom is 0.125 e. The van der Waals surface area contributed by atoms with Crippen LogP contribution in [0.15, 0.2) is 18.2 Å². The van der Waals surface area contributed by atoms with Gasteiger partial charge in [-0.3, -0.25) is 0 Å². The van der Waals surface area contributed by atoms with Crippen molar-refractivity contribution in [3.8, 4) is 5.75 Å². The molecule has 0 bridgehead atoms. The first-order chi connectivity index (χ1) is 9.53. The van der Waals surface area contributed by atoms with E-state index in [1.165, 1.54) is 25.7 Å². The summed E-state index contributed by atoms with van der Waals surface area (Å²) in [5, 5.41) is 10.9. The Morgan fingerprint density at radius 1 is 1.20 bits per heavy atom. The van der Waals surface area contributed by atoms with Crippen LogP contribution in [0, 0.1) is 6.92 Å². The molecule has 1 unspecified atom stereocenters. The molecule has 1 saturated heterocycles. The van der Waals surface area contributed by atoms with Gasteiger partial charge in [0.25, 0.3) is 0 Å². The topological polar surface area (TPSA) is 32.7 Å². The van der Waals surface area contributed by atoms with Crippen LogP contribution < -0.4 is 4.74 Å². The lowest BCUT2D eigenvalue weighted by molar-refractivity contribution is 0.0149. The van der Waals surface area contributed by atoms with Crippen LogP contribution in [0.5, 0.6) is 5.75 Å². The molecule has 2 rings (SSSR count). The summed E-state index contributed by atoms with van der Waals surface area (Å²) in [6, 6.07) is 6.00. The largest absolute Gasteiger partial charge is 0.496 e. The molecule has 1 aliphatic heterocycles. The highest BCUT2D eigenvalue weighted by molar-refractivity contribution is 5.40. The van der Waals surface area contributed by atoms with Gasteiger partial charge in [0.15, 0.2) is 0 Å². The zero-order valence-corrected chi connectivity index (χ0v) is 13.0. The second kappa shape index (κ2) is 6.59. The van der Waals surface area contributed by atoms with E-state index >= 15 is 0 Å². The molecule has 0 saturated carbocycles. The van der Waals surface area contributed by atoms with Crippen molar-refractivity contribution >= 4 is 0 Å². The summed E-state index contributed by atoms with van der Waals surface area (Å²) in [4.78, 5) is 2.38. The van der Waals surface area contributed by atoms with E-state index in [0.29, 0.717) is 6.54 Å². The van der Waals surface area contributed by atoms with Gasteiger partial charge in [0.2, 0.25) is 0 Å². The normalized spacial score (nSPS) is 20.2. The van der Waals surface area contributed by atoms with Crippen molar-refractivity contribution in [1.29, 1.82) is 0 Å². The molecule has 0 amide bonds. The molecule has 1 atom stereocenters. The third-order valence-electron chi connectivity index (χ3n) is 4.17. The molecule has 0 aliphatic carbocycles. The van der Waals surface area contributed by atoms with Gasteiger partial charge in [-0.25, -0.2) is 0 Å². The van der Waals surface area contributed by atoms with Crippen LogP contribution in [0.3, 0.4) is 0 Å². The molecular formula is C17H27NO2. The van der Waals surface area contributed by atoms with Gasteiger partial charge in [-0.1, -0.05) is 24.5 Å². The van der Waals surface area contributed by atoms with Gasteiger partial charge in [0, 0.05) is 12.1 Å². The van der Waals surface area contributed by atoms with E-state index in [0.717, 1.165) is 30.0 Å². The number of nitrogens with zero attached hydrogens (tertiary/aromatic N) is 1. The molecule has 1 aromatic rings. The molecular weight excluding hydrogens is 250 g/mol. The Labute approximate surface area is 122 Å². The quantitative estimate of drug-likeness (QED) is 0.918. The van der Waals surface area contributed by atoms with Gasteiger partial charge in [-0.2, -0.15) is 0 Å². The Morgan fingerprint density at radius 3 is 2.45 bits per heavy atom. The van der Waals surface area contributed by atoms with Crippen LogP contribution in [-0.4, -0.2) is 36.8 Å². The minimum atomic E-state index is -0.873. The standard InChI is InChI=1S/C17H27NO2/c1-14-8-9-16(20-3)15(12-14)17(2,19)13-18-10-6-4-5-7-11-18/h8-9,12,19H,4-7,10-11,13H2,1-3H3. The minimum Gasteiger partial charge on any atom is -0.496 e. The van der Waals surface area contributed by atoms with Crippen molar-refractivity contribution < 1.29 is 9.84 Å². The van der Waals surface area contributed by atoms with E-state index in [1.54, 1.807) is 7.11 Å². The molecule has 1 aromatic carbocycles. The van der Waals surface area contributed by atoms with E-state index in [1.807, 2.05) is 32.0 Å². The number of β-amino-alcohol motifs (C(OH)–C–C–N with tert-alkyl or cyclic N) is 1. The predicted molar refractivity (Wildman–Crippen MR) is 82.2 cm³/mol. The number of aliphatic hydroxyl groups is 1. The number of likely N-dealkylation sites (tertiary alicyclic amines) is 1. The fraction of sp³-hybridized carbons (Fsp3) is 0.647. The Kier molecular flexibility index (Phi) is 5.06. The van der Waals surface area contributed by atoms with Gasteiger partial charge in [-0.15, -0.1) is 0 Å². The Morgan fingerprint density at radius 2 is 1.85 bits per heavy atom. The number of methoxy groups -OCH3 is 1. The zero-order valence-electron chi connectivity index (χ0n) is 13.0. The average Bonchev–Trinajstić information content (AvgIpc) is 2.67. The highest BCUT2D eigenvalue weighted by Gasteiger charge is 2.29. The summed E-state index contributed by atoms with van der Waals surface area (Å²) in [5.74, 6) is 0.774. The highest BCUT2D eigenvalue weighted by atomic mass is 16.5. The summed E-state index contributed by atoms with van der Waals surface area (Å²) in [5.41, 5.74) is 1.17. The number of ether oxygens (including phenoxy) is 1. The van der Waals surface area contributed by atoms with Crippen LogP contribution >= 0.6 is 0 Å². The number of aryl methyl sites for hydroxylation is 1. The fourth-order valence-corrected chi connectivity index (χ4v) is 3.06. The first-order valence-electron chi connectivity index (χ1n) is 7.63. The molecule has 1 N–H and O–H groups in total. The van der Waals surface area contributed by atoms with E-state index in [9.17, 15) is 5.11 Å². The molecule has 1 aliphatic rings. The van der Waals surface area contributed by atoms with Gasteiger partial charge in [0.05, 0.1) is 7.11 Å². The predicted octanol–water partition coefficient (Wildman–Crippen LogP) is 3.09. The molecule has 3 nitrogen and oxygen atoms in total. The molecule has 1 heterocycles. The fourth-order valence-electron chi connectivity index (χ4n) is 3.06. The number of hydrogen-bond acceptors (Lipinski definition) is 3. The zero-order chi connectivity index (χ0) is 14.6. The molecule has 1 fully saturated rings. The summed E-state index contributed by atoms with van der Waals surface area (Å²) in [6.07, 6.45) is 5.10. The monoisotopic (exact) mass is 277 g/mol. The van der Waals surface area contributed by atoms with Crippen molar-refractivity contribution in [1.82, 2.24) is 4.90 Å². The minimum absolute atomic E-state index is 0.673. The lowest BCUT2D eigenvalue weighted by Crippen LogP contribution is -2.39. The van der Waals surface area contributed by atoms with Crippen LogP contribution in [0.4, 0.5) is 0 Å². The molecule has 0 radical (unpaired) electrons. The SMILES string of the molecule is COc1ccc(C)cc1C(C)(O)CN1CCCCCC1. The number of rotatable bonds is 4. The molecule has 0 spiro atoms. The van der Waals surface area contributed by atoms with Crippen LogP contribution in [-0.2, 0) is 5.60 Å². The third-order valence-corrected chi connectivity index (χ3v) is 4.17. The maximum atomic E-state index is 10.9. The number of hydrogen-bond donors (Lipinski definition) is 1. The van der Waals surface area contributed by atoms with Crippen LogP contribution in [0.2, 0.25) is 0 Å². The summed E-state index contributed by atoms with van der Waals surface area (Å²) >= 11 is 0. The molecule has 112 valence electrons. The average molecular weight is 277 g/mol. The summed E-state index contributed by atoms with van der Waals surface area (Å²) < 4.78 is 5.42. The molecule has 0 aromatic heterocycles. The lowest BCUT2D eigenvalue weighted by atomic mass is 9.92. The van der Waals surface area contributed by atoms with Crippen LogP contribution in [0.25, 0.3) is 0 Å². The number of benzene rings is 1. The summed E-state index contributed by atoms with van der Waals surface area (Å²) in [6.45, 7) is 6.79. The maximum absolute atomic E-state index is 10.9. The van der Waals surface area contributed by atoms with Crippen molar-refractivity contribution in [2.75, 3.05) is 26.7 Å².